The van der Waals surface area contributed by atoms with Crippen LogP contribution in [0.5, 0.6) is 0 Å². The molecule has 0 bridgehead atoms. The van der Waals surface area contributed by atoms with Crippen molar-refractivity contribution in [3.8, 4) is 0 Å². The Morgan fingerprint density at radius 1 is 1.53 bits per heavy atom. The standard InChI is InChI=1S/C12H13ClFN3O2/c1-19-3-2-17-10(11(15)16-12(17)18)7-4-8(13)6-9(14)5-7/h4-6,10H,2-3H2,1H3,(H2,15,16,18). The number of nitrogens with zero attached hydrogens (tertiary/aromatic N) is 2. The Hall–Kier alpha value is -1.66. The average molecular weight is 286 g/mol. The monoisotopic (exact) mass is 285 g/mol. The topological polar surface area (TPSA) is 67.9 Å². The van der Waals surface area contributed by atoms with Gasteiger partial charge in [0.1, 0.15) is 17.7 Å². The van der Waals surface area contributed by atoms with Crippen LogP contribution in [0, 0.1) is 5.82 Å². The maximum Gasteiger partial charge on any atom is 0.346 e. The Bertz CT molecular complexity index is 515. The minimum atomic E-state index is -0.601. The zero-order valence-corrected chi connectivity index (χ0v) is 11.0. The molecule has 2 rings (SSSR count). The molecule has 2 N–H and O–H groups in total. The molecule has 0 spiro atoms. The second kappa shape index (κ2) is 5.54. The second-order valence-electron chi connectivity index (χ2n) is 4.11. The molecule has 0 fully saturated rings. The van der Waals surface area contributed by atoms with Crippen LogP contribution >= 0.6 is 11.6 Å². The molecule has 0 radical (unpaired) electrons. The van der Waals surface area contributed by atoms with Crippen LogP contribution in [0.3, 0.4) is 0 Å². The number of carbonyl (C=O) groups excluding carboxylic acids is 1. The Morgan fingerprint density at radius 2 is 2.26 bits per heavy atom. The van der Waals surface area contributed by atoms with Crippen molar-refractivity contribution < 1.29 is 13.9 Å². The van der Waals surface area contributed by atoms with Crippen LogP contribution in [0.1, 0.15) is 11.6 Å². The van der Waals surface area contributed by atoms with E-state index < -0.39 is 17.9 Å². The fourth-order valence-corrected chi connectivity index (χ4v) is 2.23. The minimum Gasteiger partial charge on any atom is -0.385 e. The van der Waals surface area contributed by atoms with Crippen LogP contribution in [0.25, 0.3) is 0 Å². The van der Waals surface area contributed by atoms with Crippen LogP contribution in [0.2, 0.25) is 5.02 Å². The normalized spacial score (nSPS) is 18.9. The van der Waals surface area contributed by atoms with Crippen molar-refractivity contribution >= 4 is 23.5 Å². The first-order valence-electron chi connectivity index (χ1n) is 5.62. The summed E-state index contributed by atoms with van der Waals surface area (Å²) in [5.74, 6) is -0.357. The van der Waals surface area contributed by atoms with Gasteiger partial charge in [0, 0.05) is 18.7 Å². The van der Waals surface area contributed by atoms with Gasteiger partial charge in [0.05, 0.1) is 6.61 Å². The van der Waals surface area contributed by atoms with E-state index in [-0.39, 0.29) is 10.9 Å². The van der Waals surface area contributed by atoms with Gasteiger partial charge in [0.25, 0.3) is 0 Å². The van der Waals surface area contributed by atoms with Crippen LogP contribution in [-0.2, 0) is 4.74 Å². The zero-order valence-electron chi connectivity index (χ0n) is 10.3. The number of halogens is 2. The second-order valence-corrected chi connectivity index (χ2v) is 4.55. The highest BCUT2D eigenvalue weighted by Crippen LogP contribution is 2.29. The molecule has 1 aliphatic heterocycles. The van der Waals surface area contributed by atoms with Gasteiger partial charge in [-0.15, -0.1) is 0 Å². The number of benzene rings is 1. The van der Waals surface area contributed by atoms with Gasteiger partial charge in [0.2, 0.25) is 0 Å². The van der Waals surface area contributed by atoms with Crippen molar-refractivity contribution in [1.82, 2.24) is 4.90 Å². The number of nitrogens with two attached hydrogens (primary N) is 1. The highest BCUT2D eigenvalue weighted by molar-refractivity contribution is 6.30. The Balaban J connectivity index is 2.34. The summed E-state index contributed by atoms with van der Waals surface area (Å²) in [7, 11) is 1.53. The molecule has 2 amide bonds. The van der Waals surface area contributed by atoms with Gasteiger partial charge in [-0.3, -0.25) is 0 Å². The van der Waals surface area contributed by atoms with Gasteiger partial charge in [-0.25, -0.2) is 9.18 Å². The summed E-state index contributed by atoms with van der Waals surface area (Å²) >= 11 is 5.82. The van der Waals surface area contributed by atoms with E-state index in [1.807, 2.05) is 0 Å². The van der Waals surface area contributed by atoms with E-state index in [4.69, 9.17) is 22.1 Å². The predicted molar refractivity (Wildman–Crippen MR) is 69.8 cm³/mol. The molecule has 0 saturated carbocycles. The summed E-state index contributed by atoms with van der Waals surface area (Å²) in [6.45, 7) is 0.659. The molecule has 102 valence electrons. The van der Waals surface area contributed by atoms with E-state index in [0.29, 0.717) is 18.7 Å². The van der Waals surface area contributed by atoms with E-state index in [1.54, 1.807) is 6.07 Å². The van der Waals surface area contributed by atoms with Crippen molar-refractivity contribution in [2.24, 2.45) is 10.7 Å². The van der Waals surface area contributed by atoms with Crippen LogP contribution in [0.4, 0.5) is 9.18 Å². The first-order chi connectivity index (χ1) is 9.02. The largest absolute Gasteiger partial charge is 0.385 e. The summed E-state index contributed by atoms with van der Waals surface area (Å²) < 4.78 is 18.3. The summed E-state index contributed by atoms with van der Waals surface area (Å²) in [5, 5.41) is 0.244. The van der Waals surface area contributed by atoms with E-state index >= 15 is 0 Å². The number of methoxy groups -OCH3 is 1. The van der Waals surface area contributed by atoms with Gasteiger partial charge in [-0.05, 0) is 23.8 Å². The molecule has 19 heavy (non-hydrogen) atoms. The maximum atomic E-state index is 13.4. The summed E-state index contributed by atoms with van der Waals surface area (Å²) in [5.41, 5.74) is 6.24. The van der Waals surface area contributed by atoms with E-state index in [2.05, 4.69) is 4.99 Å². The van der Waals surface area contributed by atoms with Crippen LogP contribution < -0.4 is 5.73 Å². The lowest BCUT2D eigenvalue weighted by Gasteiger charge is -2.24. The molecule has 1 unspecified atom stereocenters. The predicted octanol–water partition coefficient (Wildman–Crippen LogP) is 1.96. The lowest BCUT2D eigenvalue weighted by molar-refractivity contribution is 0.150. The van der Waals surface area contributed by atoms with Crippen molar-refractivity contribution in [3.05, 3.63) is 34.6 Å². The third kappa shape index (κ3) is 2.85. The van der Waals surface area contributed by atoms with Gasteiger partial charge in [0.15, 0.2) is 0 Å². The molecule has 0 aliphatic carbocycles. The SMILES string of the molecule is COCCN1C(=O)N=C(N)C1c1cc(F)cc(Cl)c1. The van der Waals surface area contributed by atoms with Crippen LogP contribution in [0.15, 0.2) is 23.2 Å². The smallest absolute Gasteiger partial charge is 0.346 e. The number of hydrogen-bond donors (Lipinski definition) is 1. The molecule has 1 aliphatic rings. The first-order valence-corrected chi connectivity index (χ1v) is 6.00. The number of rotatable bonds is 4. The lowest BCUT2D eigenvalue weighted by atomic mass is 10.1. The summed E-state index contributed by atoms with van der Waals surface area (Å²) in [6.07, 6.45) is 0. The van der Waals surface area contributed by atoms with E-state index in [0.717, 1.165) is 0 Å². The minimum absolute atomic E-state index is 0.128. The first kappa shape index (κ1) is 13.8. The van der Waals surface area contributed by atoms with Crippen molar-refractivity contribution in [2.45, 2.75) is 6.04 Å². The molecule has 0 aromatic heterocycles. The zero-order chi connectivity index (χ0) is 14.0. The molecule has 1 atom stereocenters. The van der Waals surface area contributed by atoms with Gasteiger partial charge in [-0.2, -0.15) is 4.99 Å². The number of carbonyl (C=O) groups is 1. The third-order valence-corrected chi connectivity index (χ3v) is 3.02. The molecule has 1 heterocycles. The molecular weight excluding hydrogens is 273 g/mol. The third-order valence-electron chi connectivity index (χ3n) is 2.80. The van der Waals surface area contributed by atoms with Crippen LogP contribution in [-0.4, -0.2) is 37.0 Å². The molecule has 1 aromatic carbocycles. The quantitative estimate of drug-likeness (QED) is 0.919. The fraction of sp³-hybridized carbons (Fsp3) is 0.333. The van der Waals surface area contributed by atoms with Gasteiger partial charge < -0.3 is 15.4 Å². The van der Waals surface area contributed by atoms with Gasteiger partial charge in [-0.1, -0.05) is 11.6 Å². The van der Waals surface area contributed by atoms with Crippen molar-refractivity contribution in [2.75, 3.05) is 20.3 Å². The van der Waals surface area contributed by atoms with E-state index in [1.165, 1.54) is 24.1 Å². The summed E-state index contributed by atoms with van der Waals surface area (Å²) in [4.78, 5) is 16.8. The Morgan fingerprint density at radius 3 is 2.89 bits per heavy atom. The molecular formula is C12H13ClFN3O2. The Kier molecular flexibility index (Phi) is 4.01. The number of amidine groups is 1. The van der Waals surface area contributed by atoms with Crippen molar-refractivity contribution in [1.29, 1.82) is 0 Å². The van der Waals surface area contributed by atoms with E-state index in [9.17, 15) is 9.18 Å². The number of aliphatic imine (C=N–C) groups is 1. The number of hydrogen-bond acceptors (Lipinski definition) is 3. The molecule has 0 saturated heterocycles. The summed E-state index contributed by atoms with van der Waals surface area (Å²) in [6, 6.07) is 2.98. The molecule has 5 nitrogen and oxygen atoms in total. The lowest BCUT2D eigenvalue weighted by Crippen LogP contribution is -2.35. The molecule has 1 aromatic rings. The maximum absolute atomic E-state index is 13.4. The Labute approximate surface area is 114 Å². The fourth-order valence-electron chi connectivity index (χ4n) is 2.00. The van der Waals surface area contributed by atoms with Gasteiger partial charge >= 0.3 is 6.03 Å². The highest BCUT2D eigenvalue weighted by Gasteiger charge is 2.34. The van der Waals surface area contributed by atoms with Crippen molar-refractivity contribution in [3.63, 3.8) is 0 Å². The average Bonchev–Trinajstić information content (AvgIpc) is 2.59. The highest BCUT2D eigenvalue weighted by atomic mass is 35.5. The number of urea groups is 1. The number of ether oxygens (including phenoxy) is 1. The molecule has 7 heteroatoms. The number of amides is 2.